The number of carbonyl (C=O) groups excluding carboxylic acids is 1. The van der Waals surface area contributed by atoms with Crippen molar-refractivity contribution < 1.29 is 22.7 Å². The van der Waals surface area contributed by atoms with Crippen molar-refractivity contribution in [1.82, 2.24) is 9.55 Å². The molecule has 10 heteroatoms. The fourth-order valence-corrected chi connectivity index (χ4v) is 3.51. The maximum Gasteiger partial charge on any atom is 0.471 e. The highest BCUT2D eigenvalue weighted by atomic mass is 19.4. The maximum atomic E-state index is 12.6. The molecule has 188 valence electrons. The van der Waals surface area contributed by atoms with Gasteiger partial charge in [0, 0.05) is 28.9 Å². The van der Waals surface area contributed by atoms with Crippen LogP contribution in [0.3, 0.4) is 0 Å². The van der Waals surface area contributed by atoms with Crippen LogP contribution in [-0.4, -0.2) is 28.2 Å². The SMILES string of the molecule is CCc1c(Cc2ccccc2C)n(COCC#Cc2ccc(NC(=O)C(F)(F)F)cc2)c(=O)[nH]c1=O. The Hall–Kier alpha value is -4.10. The second kappa shape index (κ2) is 11.6. The van der Waals surface area contributed by atoms with Crippen molar-refractivity contribution in [3.05, 3.63) is 97.3 Å². The summed E-state index contributed by atoms with van der Waals surface area (Å²) in [5.41, 5.74) is 2.59. The van der Waals surface area contributed by atoms with Crippen LogP contribution in [0.4, 0.5) is 18.9 Å². The fourth-order valence-electron chi connectivity index (χ4n) is 3.51. The van der Waals surface area contributed by atoms with Gasteiger partial charge in [-0.2, -0.15) is 13.2 Å². The molecule has 2 aromatic carbocycles. The average molecular weight is 499 g/mol. The number of aromatic nitrogens is 2. The van der Waals surface area contributed by atoms with Crippen LogP contribution < -0.4 is 16.6 Å². The lowest BCUT2D eigenvalue weighted by molar-refractivity contribution is -0.167. The number of aromatic amines is 1. The van der Waals surface area contributed by atoms with E-state index in [1.54, 1.807) is 5.32 Å². The number of halogens is 3. The van der Waals surface area contributed by atoms with E-state index in [1.807, 2.05) is 38.1 Å². The molecule has 1 heterocycles. The molecule has 0 aliphatic rings. The summed E-state index contributed by atoms with van der Waals surface area (Å²) in [6, 6.07) is 13.2. The highest BCUT2D eigenvalue weighted by Gasteiger charge is 2.38. The molecule has 0 fully saturated rings. The second-order valence-corrected chi connectivity index (χ2v) is 7.88. The van der Waals surface area contributed by atoms with Gasteiger partial charge in [0.1, 0.15) is 13.3 Å². The second-order valence-electron chi connectivity index (χ2n) is 7.88. The number of nitrogens with zero attached hydrogens (tertiary/aromatic N) is 1. The van der Waals surface area contributed by atoms with Crippen molar-refractivity contribution in [2.75, 3.05) is 11.9 Å². The first-order valence-corrected chi connectivity index (χ1v) is 11.0. The lowest BCUT2D eigenvalue weighted by atomic mass is 10.0. The molecule has 1 aromatic heterocycles. The molecule has 2 N–H and O–H groups in total. The number of carbonyl (C=O) groups is 1. The Morgan fingerprint density at radius 2 is 1.81 bits per heavy atom. The molecule has 0 radical (unpaired) electrons. The highest BCUT2D eigenvalue weighted by Crippen LogP contribution is 2.18. The maximum absolute atomic E-state index is 12.6. The van der Waals surface area contributed by atoms with Gasteiger partial charge in [-0.25, -0.2) is 4.79 Å². The molecule has 0 saturated heterocycles. The van der Waals surface area contributed by atoms with Crippen LogP contribution in [0, 0.1) is 18.8 Å². The Morgan fingerprint density at radius 1 is 1.11 bits per heavy atom. The summed E-state index contributed by atoms with van der Waals surface area (Å²) in [5, 5.41) is 1.75. The molecular weight excluding hydrogens is 475 g/mol. The van der Waals surface area contributed by atoms with E-state index >= 15 is 0 Å². The summed E-state index contributed by atoms with van der Waals surface area (Å²) >= 11 is 0. The molecule has 0 spiro atoms. The number of hydrogen-bond donors (Lipinski definition) is 2. The van der Waals surface area contributed by atoms with Crippen LogP contribution in [0.15, 0.2) is 58.1 Å². The van der Waals surface area contributed by atoms with Gasteiger partial charge in [0.15, 0.2) is 0 Å². The van der Waals surface area contributed by atoms with Crippen LogP contribution in [-0.2, 0) is 29.1 Å². The predicted molar refractivity (Wildman–Crippen MR) is 129 cm³/mol. The molecule has 0 saturated carbocycles. The normalized spacial score (nSPS) is 11.0. The Balaban J connectivity index is 1.69. The molecule has 1 amide bonds. The number of H-pyrrole nitrogens is 1. The van der Waals surface area contributed by atoms with Gasteiger partial charge in [-0.1, -0.05) is 43.0 Å². The van der Waals surface area contributed by atoms with Crippen LogP contribution in [0.25, 0.3) is 0 Å². The first-order chi connectivity index (χ1) is 17.1. The molecule has 7 nitrogen and oxygen atoms in total. The highest BCUT2D eigenvalue weighted by molar-refractivity contribution is 5.94. The minimum atomic E-state index is -4.97. The molecule has 3 rings (SSSR count). The van der Waals surface area contributed by atoms with E-state index < -0.39 is 23.3 Å². The molecule has 0 atom stereocenters. The summed E-state index contributed by atoms with van der Waals surface area (Å²) in [6.45, 7) is 3.64. The van der Waals surface area contributed by atoms with Crippen molar-refractivity contribution in [3.8, 4) is 11.8 Å². The summed E-state index contributed by atoms with van der Waals surface area (Å²) < 4.78 is 43.9. The van der Waals surface area contributed by atoms with E-state index in [0.29, 0.717) is 29.7 Å². The van der Waals surface area contributed by atoms with Crippen molar-refractivity contribution in [3.63, 3.8) is 0 Å². The summed E-state index contributed by atoms with van der Waals surface area (Å²) in [7, 11) is 0. The third kappa shape index (κ3) is 6.73. The average Bonchev–Trinajstić information content (AvgIpc) is 2.82. The lowest BCUT2D eigenvalue weighted by Crippen LogP contribution is -2.36. The van der Waals surface area contributed by atoms with E-state index in [9.17, 15) is 27.6 Å². The minimum Gasteiger partial charge on any atom is -0.348 e. The number of alkyl halides is 3. The Bertz CT molecular complexity index is 1410. The van der Waals surface area contributed by atoms with E-state index in [1.165, 1.54) is 28.8 Å². The van der Waals surface area contributed by atoms with E-state index in [0.717, 1.165) is 11.1 Å². The topological polar surface area (TPSA) is 93.2 Å². The number of nitrogens with one attached hydrogen (secondary N) is 2. The van der Waals surface area contributed by atoms with Gasteiger partial charge >= 0.3 is 17.8 Å². The van der Waals surface area contributed by atoms with Gasteiger partial charge in [-0.3, -0.25) is 19.1 Å². The van der Waals surface area contributed by atoms with Gasteiger partial charge < -0.3 is 10.1 Å². The van der Waals surface area contributed by atoms with Gasteiger partial charge in [0.25, 0.3) is 5.56 Å². The van der Waals surface area contributed by atoms with Crippen LogP contribution >= 0.6 is 0 Å². The van der Waals surface area contributed by atoms with Gasteiger partial charge in [0.2, 0.25) is 0 Å². The van der Waals surface area contributed by atoms with E-state index in [4.69, 9.17) is 4.74 Å². The molecule has 0 unspecified atom stereocenters. The summed E-state index contributed by atoms with van der Waals surface area (Å²) in [6.07, 6.45) is -4.14. The predicted octanol–water partition coefficient (Wildman–Crippen LogP) is 3.52. The number of aryl methyl sites for hydroxylation is 1. The van der Waals surface area contributed by atoms with Crippen LogP contribution in [0.2, 0.25) is 0 Å². The number of hydrogen-bond acceptors (Lipinski definition) is 4. The quantitative estimate of drug-likeness (QED) is 0.384. The van der Waals surface area contributed by atoms with E-state index in [2.05, 4.69) is 16.8 Å². The molecule has 0 aliphatic heterocycles. The van der Waals surface area contributed by atoms with Gasteiger partial charge in [-0.15, -0.1) is 0 Å². The molecule has 36 heavy (non-hydrogen) atoms. The Kier molecular flexibility index (Phi) is 8.51. The van der Waals surface area contributed by atoms with Crippen molar-refractivity contribution in [2.24, 2.45) is 0 Å². The minimum absolute atomic E-state index is 0.00974. The standard InChI is InChI=1S/C26H24F3N3O4/c1-3-21-22(15-19-9-5-4-7-17(19)2)32(25(35)31-23(21)33)16-36-14-6-8-18-10-12-20(13-11-18)30-24(34)26(27,28)29/h4-5,7,9-13H,3,14-16H2,1-2H3,(H,30,34)(H,31,33,35). The van der Waals surface area contributed by atoms with Gasteiger partial charge in [-0.05, 0) is 48.7 Å². The molecule has 0 bridgehead atoms. The fraction of sp³-hybridized carbons (Fsp3) is 0.269. The van der Waals surface area contributed by atoms with Crippen molar-refractivity contribution in [2.45, 2.75) is 39.6 Å². The molecular formula is C26H24F3N3O4. The zero-order valence-corrected chi connectivity index (χ0v) is 19.7. The zero-order chi connectivity index (χ0) is 26.3. The number of benzene rings is 2. The van der Waals surface area contributed by atoms with Crippen molar-refractivity contribution >= 4 is 11.6 Å². The Morgan fingerprint density at radius 3 is 2.44 bits per heavy atom. The molecule has 0 aliphatic carbocycles. The summed E-state index contributed by atoms with van der Waals surface area (Å²) in [5.74, 6) is 3.51. The third-order valence-corrected chi connectivity index (χ3v) is 5.41. The Labute approximate surface area is 204 Å². The monoisotopic (exact) mass is 499 g/mol. The zero-order valence-electron chi connectivity index (χ0n) is 19.7. The number of anilines is 1. The molecule has 3 aromatic rings. The van der Waals surface area contributed by atoms with Gasteiger partial charge in [0.05, 0.1) is 0 Å². The number of ether oxygens (including phenoxy) is 1. The van der Waals surface area contributed by atoms with Crippen LogP contribution in [0.1, 0.15) is 34.9 Å². The number of amides is 1. The smallest absolute Gasteiger partial charge is 0.348 e. The number of rotatable bonds is 7. The first kappa shape index (κ1) is 26.5. The van der Waals surface area contributed by atoms with E-state index in [-0.39, 0.29) is 19.0 Å². The summed E-state index contributed by atoms with van der Waals surface area (Å²) in [4.78, 5) is 38.2. The third-order valence-electron chi connectivity index (χ3n) is 5.41. The largest absolute Gasteiger partial charge is 0.471 e. The lowest BCUT2D eigenvalue weighted by Gasteiger charge is -2.16. The van der Waals surface area contributed by atoms with Crippen molar-refractivity contribution in [1.29, 1.82) is 0 Å². The first-order valence-electron chi connectivity index (χ1n) is 11.0. The van der Waals surface area contributed by atoms with Crippen LogP contribution in [0.5, 0.6) is 0 Å².